The van der Waals surface area contributed by atoms with E-state index in [1.807, 2.05) is 11.8 Å². The van der Waals surface area contributed by atoms with Crippen molar-refractivity contribution in [3.05, 3.63) is 45.1 Å². The lowest BCUT2D eigenvalue weighted by Crippen LogP contribution is -2.36. The van der Waals surface area contributed by atoms with Crippen molar-refractivity contribution in [2.45, 2.75) is 38.1 Å². The van der Waals surface area contributed by atoms with Gasteiger partial charge < -0.3 is 20.5 Å². The van der Waals surface area contributed by atoms with Crippen molar-refractivity contribution in [3.8, 4) is 0 Å². The third kappa shape index (κ3) is 3.40. The van der Waals surface area contributed by atoms with Crippen LogP contribution in [-0.2, 0) is 4.74 Å². The predicted octanol–water partition coefficient (Wildman–Crippen LogP) is 2.12. The molecule has 3 N–H and O–H groups in total. The Bertz CT molecular complexity index is 1030. The van der Waals surface area contributed by atoms with Crippen molar-refractivity contribution in [1.82, 2.24) is 4.40 Å². The molecule has 3 heterocycles. The van der Waals surface area contributed by atoms with Crippen molar-refractivity contribution in [1.29, 1.82) is 0 Å². The minimum absolute atomic E-state index is 0.114. The van der Waals surface area contributed by atoms with Gasteiger partial charge in [-0.25, -0.2) is 9.18 Å². The summed E-state index contributed by atoms with van der Waals surface area (Å²) in [5.74, 6) is -1.41. The number of carbonyl (C=O) groups is 1. The van der Waals surface area contributed by atoms with Gasteiger partial charge in [-0.05, 0) is 55.2 Å². The third-order valence-corrected chi connectivity index (χ3v) is 6.20. The Hall–Kier alpha value is -2.45. The van der Waals surface area contributed by atoms with Gasteiger partial charge in [-0.1, -0.05) is 0 Å². The van der Waals surface area contributed by atoms with E-state index in [9.17, 15) is 14.7 Å². The zero-order valence-corrected chi connectivity index (χ0v) is 16.7. The number of anilines is 1. The van der Waals surface area contributed by atoms with Gasteiger partial charge in [0, 0.05) is 26.2 Å². The molecule has 0 bridgehead atoms. The monoisotopic (exact) mass is 403 g/mol. The molecule has 2 aromatic rings. The van der Waals surface area contributed by atoms with Crippen molar-refractivity contribution >= 4 is 17.2 Å². The number of carboxylic acid groups (broad SMARTS) is 1. The van der Waals surface area contributed by atoms with Crippen molar-refractivity contribution in [2.24, 2.45) is 11.7 Å². The SMILES string of the molecule is COCC(N)[C@@H]1CCN(c2c(F)cn3c(=O)c(C(=O)O)cc(C4CC4)c3c2C)C1. The number of rotatable bonds is 6. The van der Waals surface area contributed by atoms with Crippen molar-refractivity contribution < 1.29 is 19.0 Å². The highest BCUT2D eigenvalue weighted by Gasteiger charge is 2.33. The summed E-state index contributed by atoms with van der Waals surface area (Å²) in [5, 5.41) is 9.41. The Labute approximate surface area is 167 Å². The molecular weight excluding hydrogens is 377 g/mol. The first-order valence-corrected chi connectivity index (χ1v) is 9.94. The molecule has 1 aliphatic heterocycles. The molecule has 156 valence electrons. The summed E-state index contributed by atoms with van der Waals surface area (Å²) in [4.78, 5) is 26.2. The highest BCUT2D eigenvalue weighted by atomic mass is 19.1. The molecule has 0 amide bonds. The molecule has 2 aliphatic rings. The second kappa shape index (κ2) is 7.42. The number of halogens is 1. The Morgan fingerprint density at radius 2 is 2.14 bits per heavy atom. The lowest BCUT2D eigenvalue weighted by Gasteiger charge is -2.25. The average molecular weight is 403 g/mol. The van der Waals surface area contributed by atoms with Gasteiger partial charge in [0.15, 0.2) is 5.82 Å². The molecule has 0 radical (unpaired) electrons. The fourth-order valence-corrected chi connectivity index (χ4v) is 4.56. The summed E-state index contributed by atoms with van der Waals surface area (Å²) >= 11 is 0. The second-order valence-electron chi connectivity index (χ2n) is 8.18. The molecule has 1 unspecified atom stereocenters. The number of hydrogen-bond acceptors (Lipinski definition) is 5. The largest absolute Gasteiger partial charge is 0.477 e. The summed E-state index contributed by atoms with van der Waals surface area (Å²) in [6.07, 6.45) is 3.86. The minimum atomic E-state index is -1.29. The molecule has 0 aromatic carbocycles. The maximum absolute atomic E-state index is 15.2. The van der Waals surface area contributed by atoms with Gasteiger partial charge >= 0.3 is 5.97 Å². The summed E-state index contributed by atoms with van der Waals surface area (Å²) in [7, 11) is 1.61. The zero-order valence-electron chi connectivity index (χ0n) is 16.7. The van der Waals surface area contributed by atoms with Crippen LogP contribution in [0.15, 0.2) is 17.1 Å². The minimum Gasteiger partial charge on any atom is -0.477 e. The van der Waals surface area contributed by atoms with E-state index < -0.39 is 17.3 Å². The quantitative estimate of drug-likeness (QED) is 0.767. The van der Waals surface area contributed by atoms with Crippen molar-refractivity contribution in [3.63, 3.8) is 0 Å². The highest BCUT2D eigenvalue weighted by Crippen LogP contribution is 2.44. The second-order valence-corrected chi connectivity index (χ2v) is 8.18. The fourth-order valence-electron chi connectivity index (χ4n) is 4.56. The molecule has 1 aliphatic carbocycles. The lowest BCUT2D eigenvalue weighted by molar-refractivity contribution is 0.0694. The Morgan fingerprint density at radius 3 is 2.76 bits per heavy atom. The highest BCUT2D eigenvalue weighted by molar-refractivity contribution is 5.89. The van der Waals surface area contributed by atoms with Crippen LogP contribution in [0.3, 0.4) is 0 Å². The summed E-state index contributed by atoms with van der Waals surface area (Å²) in [5.41, 5.74) is 7.75. The summed E-state index contributed by atoms with van der Waals surface area (Å²) in [6, 6.07) is 1.37. The summed E-state index contributed by atoms with van der Waals surface area (Å²) < 4.78 is 21.5. The van der Waals surface area contributed by atoms with E-state index in [-0.39, 0.29) is 23.4 Å². The first-order valence-electron chi connectivity index (χ1n) is 9.94. The molecule has 2 atom stereocenters. The number of hydrogen-bond donors (Lipinski definition) is 2. The van der Waals surface area contributed by atoms with E-state index in [1.54, 1.807) is 7.11 Å². The van der Waals surface area contributed by atoms with Crippen LogP contribution in [-0.4, -0.2) is 48.3 Å². The molecule has 2 fully saturated rings. The number of aromatic carboxylic acids is 1. The smallest absolute Gasteiger partial charge is 0.341 e. The Morgan fingerprint density at radius 1 is 1.41 bits per heavy atom. The van der Waals surface area contributed by atoms with Gasteiger partial charge in [0.25, 0.3) is 5.56 Å². The Balaban J connectivity index is 1.83. The maximum atomic E-state index is 15.2. The number of fused-ring (bicyclic) bond motifs is 1. The molecule has 1 saturated carbocycles. The van der Waals surface area contributed by atoms with Crippen LogP contribution in [0.25, 0.3) is 5.52 Å². The van der Waals surface area contributed by atoms with Crippen LogP contribution in [0.1, 0.15) is 46.7 Å². The van der Waals surface area contributed by atoms with Crippen LogP contribution in [0.5, 0.6) is 0 Å². The number of pyridine rings is 2. The van der Waals surface area contributed by atoms with E-state index >= 15 is 4.39 Å². The normalized spacial score (nSPS) is 20.4. The van der Waals surface area contributed by atoms with Gasteiger partial charge in [-0.2, -0.15) is 0 Å². The molecule has 1 saturated heterocycles. The van der Waals surface area contributed by atoms with Gasteiger partial charge in [0.1, 0.15) is 5.56 Å². The maximum Gasteiger partial charge on any atom is 0.341 e. The number of nitrogens with two attached hydrogens (primary N) is 1. The van der Waals surface area contributed by atoms with E-state index in [0.717, 1.165) is 31.0 Å². The topological polar surface area (TPSA) is 97.3 Å². The summed E-state index contributed by atoms with van der Waals surface area (Å²) in [6.45, 7) is 3.56. The third-order valence-electron chi connectivity index (χ3n) is 6.20. The van der Waals surface area contributed by atoms with Crippen LogP contribution >= 0.6 is 0 Å². The van der Waals surface area contributed by atoms with E-state index in [0.29, 0.717) is 36.5 Å². The predicted molar refractivity (Wildman–Crippen MR) is 107 cm³/mol. The number of ether oxygens (including phenoxy) is 1. The van der Waals surface area contributed by atoms with Gasteiger partial charge in [0.2, 0.25) is 0 Å². The van der Waals surface area contributed by atoms with Gasteiger partial charge in [-0.3, -0.25) is 9.20 Å². The van der Waals surface area contributed by atoms with E-state index in [2.05, 4.69) is 0 Å². The van der Waals surface area contributed by atoms with Crippen molar-refractivity contribution in [2.75, 3.05) is 31.7 Å². The van der Waals surface area contributed by atoms with Gasteiger partial charge in [-0.15, -0.1) is 0 Å². The molecule has 0 spiro atoms. The number of carboxylic acids is 1. The molecule has 2 aromatic heterocycles. The molecule has 8 heteroatoms. The Kier molecular flexibility index (Phi) is 5.08. The zero-order chi connectivity index (χ0) is 20.9. The van der Waals surface area contributed by atoms with Gasteiger partial charge in [0.05, 0.1) is 24.0 Å². The van der Waals surface area contributed by atoms with Crippen LogP contribution in [0, 0.1) is 18.7 Å². The molecule has 29 heavy (non-hydrogen) atoms. The number of aromatic nitrogens is 1. The fraction of sp³-hybridized carbons (Fsp3) is 0.524. The number of aryl methyl sites for hydroxylation is 1. The number of nitrogens with zero attached hydrogens (tertiary/aromatic N) is 2. The van der Waals surface area contributed by atoms with E-state index in [4.69, 9.17) is 10.5 Å². The van der Waals surface area contributed by atoms with Crippen LogP contribution in [0.4, 0.5) is 10.1 Å². The number of methoxy groups -OCH3 is 1. The van der Waals surface area contributed by atoms with Crippen LogP contribution < -0.4 is 16.2 Å². The molecule has 7 nitrogen and oxygen atoms in total. The molecular formula is C21H26FN3O4. The first-order chi connectivity index (χ1) is 13.8. The van der Waals surface area contributed by atoms with Crippen LogP contribution in [0.2, 0.25) is 0 Å². The first kappa shape index (κ1) is 19.8. The van der Waals surface area contributed by atoms with E-state index in [1.165, 1.54) is 10.5 Å². The standard InChI is InChI=1S/C21H26FN3O4/c1-11-18-14(12-3-4-12)7-15(21(27)28)20(26)25(18)9-16(22)19(11)24-6-5-13(8-24)17(23)10-29-2/h7,9,12-13,17H,3-6,8,10,23H2,1-2H3,(H,27,28)/t13-,17?/m1/s1. The lowest BCUT2D eigenvalue weighted by atomic mass is 10.0. The molecule has 4 rings (SSSR count). The average Bonchev–Trinajstić information content (AvgIpc) is 3.40.